The number of carboxylic acid groups (broad SMARTS) is 1. The fourth-order valence-electron chi connectivity index (χ4n) is 2.84. The van der Waals surface area contributed by atoms with Crippen molar-refractivity contribution >= 4 is 17.4 Å². The van der Waals surface area contributed by atoms with E-state index in [1.807, 2.05) is 38.2 Å². The number of hydrogen-bond acceptors (Lipinski definition) is 4. The molecule has 26 heavy (non-hydrogen) atoms. The number of nitrogens with zero attached hydrogens (tertiary/aromatic N) is 2. The van der Waals surface area contributed by atoms with Crippen molar-refractivity contribution in [1.82, 2.24) is 9.78 Å². The molecule has 1 heterocycles. The highest BCUT2D eigenvalue weighted by atomic mass is 16.4. The minimum absolute atomic E-state index is 0.238. The van der Waals surface area contributed by atoms with E-state index in [0.717, 1.165) is 28.2 Å². The van der Waals surface area contributed by atoms with Crippen LogP contribution >= 0.6 is 0 Å². The summed E-state index contributed by atoms with van der Waals surface area (Å²) in [5.74, 6) is -0.954. The summed E-state index contributed by atoms with van der Waals surface area (Å²) in [6, 6.07) is 14.4. The molecule has 0 aliphatic heterocycles. The van der Waals surface area contributed by atoms with Crippen LogP contribution in [-0.2, 0) is 0 Å². The predicted octanol–water partition coefficient (Wildman–Crippen LogP) is 4.06. The van der Waals surface area contributed by atoms with Crippen molar-refractivity contribution in [2.75, 3.05) is 12.4 Å². The quantitative estimate of drug-likeness (QED) is 0.586. The average Bonchev–Trinajstić information content (AvgIpc) is 3.16. The zero-order chi connectivity index (χ0) is 18.7. The van der Waals surface area contributed by atoms with E-state index in [2.05, 4.69) is 10.4 Å². The van der Waals surface area contributed by atoms with Crippen molar-refractivity contribution in [2.24, 2.45) is 0 Å². The molecule has 0 amide bonds. The molecule has 6 heteroatoms. The summed E-state index contributed by atoms with van der Waals surface area (Å²) in [7, 11) is 1.84. The number of hydrogen-bond donors (Lipinski definition) is 3. The van der Waals surface area contributed by atoms with Gasteiger partial charge in [-0.25, -0.2) is 9.48 Å². The Morgan fingerprint density at radius 1 is 1.19 bits per heavy atom. The molecule has 0 saturated heterocycles. The minimum atomic E-state index is -0.954. The second-order valence-corrected chi connectivity index (χ2v) is 5.82. The maximum Gasteiger partial charge on any atom is 0.335 e. The van der Waals surface area contributed by atoms with Crippen molar-refractivity contribution in [1.29, 1.82) is 5.41 Å². The number of aromatic carboxylic acids is 1. The topological polar surface area (TPSA) is 91.0 Å². The van der Waals surface area contributed by atoms with Gasteiger partial charge >= 0.3 is 5.97 Å². The Hall–Kier alpha value is -3.41. The van der Waals surface area contributed by atoms with Crippen LogP contribution in [0.4, 0.5) is 5.69 Å². The molecule has 0 unspecified atom stereocenters. The average molecular weight is 348 g/mol. The van der Waals surface area contributed by atoms with Crippen molar-refractivity contribution in [2.45, 2.75) is 13.3 Å². The first-order valence-corrected chi connectivity index (χ1v) is 8.33. The van der Waals surface area contributed by atoms with Crippen LogP contribution in [0, 0.1) is 5.41 Å². The Bertz CT molecular complexity index is 958. The summed E-state index contributed by atoms with van der Waals surface area (Å²) in [4.78, 5) is 11.0. The molecule has 0 bridgehead atoms. The van der Waals surface area contributed by atoms with Crippen LogP contribution < -0.4 is 5.32 Å². The molecule has 0 aliphatic carbocycles. The monoisotopic (exact) mass is 348 g/mol. The fraction of sp³-hybridized carbons (Fsp3) is 0.150. The van der Waals surface area contributed by atoms with Crippen LogP contribution in [0.1, 0.15) is 29.3 Å². The summed E-state index contributed by atoms with van der Waals surface area (Å²) in [5.41, 5.74) is 5.23. The van der Waals surface area contributed by atoms with Gasteiger partial charge in [-0.3, -0.25) is 0 Å². The van der Waals surface area contributed by atoms with Gasteiger partial charge in [0.25, 0.3) is 0 Å². The van der Waals surface area contributed by atoms with Crippen molar-refractivity contribution in [3.05, 3.63) is 65.9 Å². The minimum Gasteiger partial charge on any atom is -0.478 e. The van der Waals surface area contributed by atoms with Gasteiger partial charge in [-0.15, -0.1) is 0 Å². The van der Waals surface area contributed by atoms with E-state index in [0.29, 0.717) is 12.1 Å². The first-order valence-electron chi connectivity index (χ1n) is 8.33. The molecule has 2 aromatic carbocycles. The second-order valence-electron chi connectivity index (χ2n) is 5.82. The largest absolute Gasteiger partial charge is 0.478 e. The van der Waals surface area contributed by atoms with E-state index in [1.54, 1.807) is 35.1 Å². The SMILES string of the molecule is CCC(=N)c1ccc(-c2ccnn2-c2ccc(C(=O)O)cc2)cc1NC. The number of carbonyl (C=O) groups is 1. The van der Waals surface area contributed by atoms with Crippen LogP contribution in [0.2, 0.25) is 0 Å². The van der Waals surface area contributed by atoms with E-state index < -0.39 is 5.97 Å². The van der Waals surface area contributed by atoms with Gasteiger partial charge in [0.2, 0.25) is 0 Å². The number of benzene rings is 2. The normalized spacial score (nSPS) is 10.5. The van der Waals surface area contributed by atoms with Crippen LogP contribution in [0.3, 0.4) is 0 Å². The number of aromatic nitrogens is 2. The Labute approximate surface area is 151 Å². The highest BCUT2D eigenvalue weighted by Gasteiger charge is 2.12. The van der Waals surface area contributed by atoms with Crippen molar-refractivity contribution < 1.29 is 9.90 Å². The Kier molecular flexibility index (Phi) is 4.84. The predicted molar refractivity (Wildman–Crippen MR) is 103 cm³/mol. The molecule has 0 spiro atoms. The lowest BCUT2D eigenvalue weighted by atomic mass is 10.0. The van der Waals surface area contributed by atoms with E-state index in [4.69, 9.17) is 10.5 Å². The van der Waals surface area contributed by atoms with E-state index in [1.165, 1.54) is 0 Å². The number of rotatable bonds is 6. The summed E-state index contributed by atoms with van der Waals surface area (Å²) in [6.45, 7) is 1.96. The standard InChI is InChI=1S/C20H20N4O2/c1-3-17(21)16-9-6-14(12-18(16)22-2)19-10-11-23-24(19)15-7-4-13(5-8-15)20(25)26/h4-12,21-22H,3H2,1-2H3,(H,25,26). The third-order valence-electron chi connectivity index (χ3n) is 4.26. The lowest BCUT2D eigenvalue weighted by molar-refractivity contribution is 0.0697. The molecule has 132 valence electrons. The lowest BCUT2D eigenvalue weighted by Crippen LogP contribution is -2.04. The molecule has 0 saturated carbocycles. The molecular weight excluding hydrogens is 328 g/mol. The van der Waals surface area contributed by atoms with Gasteiger partial charge in [0.15, 0.2) is 0 Å². The zero-order valence-electron chi connectivity index (χ0n) is 14.7. The maximum atomic E-state index is 11.0. The molecule has 3 rings (SSSR count). The first kappa shape index (κ1) is 17.4. The highest BCUT2D eigenvalue weighted by molar-refractivity contribution is 6.03. The molecule has 0 atom stereocenters. The third kappa shape index (κ3) is 3.21. The Morgan fingerprint density at radius 3 is 2.54 bits per heavy atom. The van der Waals surface area contributed by atoms with Gasteiger partial charge in [-0.2, -0.15) is 5.10 Å². The van der Waals surface area contributed by atoms with Gasteiger partial charge in [-0.1, -0.05) is 19.1 Å². The van der Waals surface area contributed by atoms with Crippen molar-refractivity contribution in [3.8, 4) is 16.9 Å². The van der Waals surface area contributed by atoms with Crippen LogP contribution in [0.25, 0.3) is 16.9 Å². The van der Waals surface area contributed by atoms with Gasteiger partial charge in [-0.05, 0) is 42.8 Å². The molecule has 1 aromatic heterocycles. The Morgan fingerprint density at radius 2 is 1.92 bits per heavy atom. The van der Waals surface area contributed by atoms with Gasteiger partial charge < -0.3 is 15.8 Å². The Balaban J connectivity index is 2.03. The summed E-state index contributed by atoms with van der Waals surface area (Å²) in [5, 5.41) is 24.7. The first-order chi connectivity index (χ1) is 12.5. The zero-order valence-corrected chi connectivity index (χ0v) is 14.7. The smallest absolute Gasteiger partial charge is 0.335 e. The van der Waals surface area contributed by atoms with E-state index in [-0.39, 0.29) is 5.56 Å². The molecule has 0 radical (unpaired) electrons. The fourth-order valence-corrected chi connectivity index (χ4v) is 2.84. The summed E-state index contributed by atoms with van der Waals surface area (Å²) in [6.07, 6.45) is 2.38. The summed E-state index contributed by atoms with van der Waals surface area (Å²) >= 11 is 0. The molecular formula is C20H20N4O2. The molecule has 0 fully saturated rings. The van der Waals surface area contributed by atoms with E-state index >= 15 is 0 Å². The van der Waals surface area contributed by atoms with Crippen LogP contribution in [0.15, 0.2) is 54.7 Å². The second kappa shape index (κ2) is 7.23. The number of nitrogens with one attached hydrogen (secondary N) is 2. The molecule has 0 aliphatic rings. The maximum absolute atomic E-state index is 11.0. The molecule has 6 nitrogen and oxygen atoms in total. The number of carboxylic acids is 1. The molecule has 3 N–H and O–H groups in total. The van der Waals surface area contributed by atoms with E-state index in [9.17, 15) is 4.79 Å². The van der Waals surface area contributed by atoms with Gasteiger partial charge in [0, 0.05) is 29.6 Å². The third-order valence-corrected chi connectivity index (χ3v) is 4.26. The molecule has 3 aromatic rings. The van der Waals surface area contributed by atoms with Gasteiger partial charge in [0.1, 0.15) is 0 Å². The van der Waals surface area contributed by atoms with Crippen LogP contribution in [-0.4, -0.2) is 33.6 Å². The highest BCUT2D eigenvalue weighted by Crippen LogP contribution is 2.28. The lowest BCUT2D eigenvalue weighted by Gasteiger charge is -2.13. The van der Waals surface area contributed by atoms with Crippen molar-refractivity contribution in [3.63, 3.8) is 0 Å². The summed E-state index contributed by atoms with van der Waals surface area (Å²) < 4.78 is 1.77. The van der Waals surface area contributed by atoms with Crippen LogP contribution in [0.5, 0.6) is 0 Å². The number of anilines is 1. The van der Waals surface area contributed by atoms with Gasteiger partial charge in [0.05, 0.1) is 23.1 Å².